The number of amides is 5. The highest BCUT2D eigenvalue weighted by Gasteiger charge is 2.44. The lowest BCUT2D eigenvalue weighted by Crippen LogP contribution is -2.54. The molecule has 12 heteroatoms. The number of aryl methyl sites for hydroxylation is 1. The molecule has 7 rings (SSSR count). The lowest BCUT2D eigenvalue weighted by atomic mass is 10.0. The number of piperidine rings is 1. The van der Waals surface area contributed by atoms with Crippen molar-refractivity contribution in [3.63, 3.8) is 0 Å². The van der Waals surface area contributed by atoms with Crippen LogP contribution in [0.15, 0.2) is 54.9 Å². The number of aromatic amines is 1. The van der Waals surface area contributed by atoms with E-state index in [1.807, 2.05) is 30.5 Å². The van der Waals surface area contributed by atoms with E-state index in [1.165, 1.54) is 0 Å². The summed E-state index contributed by atoms with van der Waals surface area (Å²) in [6.45, 7) is 4.09. The number of nitrogens with zero attached hydrogens (tertiary/aromatic N) is 4. The number of rotatable bonds is 7. The Kier molecular flexibility index (Phi) is 7.66. The molecular weight excluding hydrogens is 608 g/mol. The highest BCUT2D eigenvalue weighted by molar-refractivity contribution is 6.38. The monoisotopic (exact) mass is 638 g/mol. The SMILES string of the molecule is CCc1c[nH]c2ncc(-c3cccc(N4CCN(CCc5ccc6c(c5)C(=O)N(C5CCC(=O)NC5=O)C6=O)CC4=O)c3)c(Cl)c12. The predicted molar refractivity (Wildman–Crippen MR) is 172 cm³/mol. The third-order valence-electron chi connectivity index (χ3n) is 9.09. The number of nitrogens with one attached hydrogen (secondary N) is 2. The number of H-pyrrole nitrogens is 1. The van der Waals surface area contributed by atoms with E-state index in [-0.39, 0.29) is 36.4 Å². The first-order valence-corrected chi connectivity index (χ1v) is 15.7. The quantitative estimate of drug-likeness (QED) is 0.295. The van der Waals surface area contributed by atoms with E-state index < -0.39 is 29.7 Å². The Morgan fingerprint density at radius 2 is 1.80 bits per heavy atom. The number of pyridine rings is 1. The van der Waals surface area contributed by atoms with E-state index in [2.05, 4.69) is 27.1 Å². The molecule has 5 heterocycles. The molecule has 1 unspecified atom stereocenters. The van der Waals surface area contributed by atoms with E-state index in [0.29, 0.717) is 31.1 Å². The van der Waals surface area contributed by atoms with Gasteiger partial charge in [0.05, 0.1) is 22.7 Å². The smallest absolute Gasteiger partial charge is 0.262 e. The van der Waals surface area contributed by atoms with E-state index in [1.54, 1.807) is 29.3 Å². The fraction of sp³-hybridized carbons (Fsp3) is 0.294. The van der Waals surface area contributed by atoms with Crippen LogP contribution in [-0.2, 0) is 27.2 Å². The first-order valence-electron chi connectivity index (χ1n) is 15.4. The maximum Gasteiger partial charge on any atom is 0.262 e. The predicted octanol–water partition coefficient (Wildman–Crippen LogP) is 3.74. The summed E-state index contributed by atoms with van der Waals surface area (Å²) in [5.41, 5.74) is 5.70. The van der Waals surface area contributed by atoms with Crippen LogP contribution in [0.2, 0.25) is 5.02 Å². The normalized spacial score (nSPS) is 18.9. The van der Waals surface area contributed by atoms with Gasteiger partial charge < -0.3 is 9.88 Å². The lowest BCUT2D eigenvalue weighted by Gasteiger charge is -2.34. The van der Waals surface area contributed by atoms with Crippen LogP contribution in [0.5, 0.6) is 0 Å². The van der Waals surface area contributed by atoms with Gasteiger partial charge in [-0.1, -0.05) is 36.7 Å². The number of anilines is 1. The van der Waals surface area contributed by atoms with Crippen molar-refractivity contribution in [2.24, 2.45) is 0 Å². The van der Waals surface area contributed by atoms with Crippen LogP contribution in [0.4, 0.5) is 5.69 Å². The Balaban J connectivity index is 1.00. The number of benzene rings is 2. The Bertz CT molecular complexity index is 1950. The van der Waals surface area contributed by atoms with Gasteiger partial charge in [-0.2, -0.15) is 0 Å². The van der Waals surface area contributed by atoms with E-state index >= 15 is 0 Å². The summed E-state index contributed by atoms with van der Waals surface area (Å²) in [7, 11) is 0. The molecule has 46 heavy (non-hydrogen) atoms. The van der Waals surface area contributed by atoms with Crippen LogP contribution in [-0.4, -0.2) is 81.5 Å². The fourth-order valence-electron chi connectivity index (χ4n) is 6.59. The van der Waals surface area contributed by atoms with Crippen molar-refractivity contribution in [2.45, 2.75) is 38.6 Å². The average molecular weight is 639 g/mol. The van der Waals surface area contributed by atoms with Crippen molar-refractivity contribution in [1.29, 1.82) is 0 Å². The first-order chi connectivity index (χ1) is 22.2. The van der Waals surface area contributed by atoms with Crippen molar-refractivity contribution < 1.29 is 24.0 Å². The highest BCUT2D eigenvalue weighted by atomic mass is 35.5. The summed E-state index contributed by atoms with van der Waals surface area (Å²) >= 11 is 6.86. The Labute approximate surface area is 269 Å². The number of aromatic nitrogens is 2. The molecule has 1 atom stereocenters. The van der Waals surface area contributed by atoms with Crippen LogP contribution in [0.1, 0.15) is 51.6 Å². The molecule has 2 aromatic carbocycles. The summed E-state index contributed by atoms with van der Waals surface area (Å²) in [5.74, 6) is -2.12. The standard InChI is InChI=1S/C34H31ClN6O5/c1-2-20-16-36-31-29(20)30(35)25(17-37-31)21-4-3-5-22(15-21)40-13-12-39(18-28(40)43)11-10-19-6-7-23-24(14-19)34(46)41(33(23)45)26-8-9-27(42)38-32(26)44/h3-7,14-17,26H,2,8-13,18H2,1H3,(H,36,37)(H,38,42,44). The van der Waals surface area contributed by atoms with Gasteiger partial charge in [-0.05, 0) is 60.2 Å². The second-order valence-electron chi connectivity index (χ2n) is 11.8. The number of piperazine rings is 1. The van der Waals surface area contributed by atoms with Gasteiger partial charge in [0.25, 0.3) is 11.8 Å². The number of fused-ring (bicyclic) bond motifs is 2. The molecule has 0 radical (unpaired) electrons. The molecule has 0 spiro atoms. The number of hydrogen-bond donors (Lipinski definition) is 2. The van der Waals surface area contributed by atoms with Crippen molar-refractivity contribution >= 4 is 57.9 Å². The summed E-state index contributed by atoms with van der Waals surface area (Å²) in [4.78, 5) is 76.0. The topological polar surface area (TPSA) is 136 Å². The molecule has 3 aliphatic rings. The first kappa shape index (κ1) is 29.8. The summed E-state index contributed by atoms with van der Waals surface area (Å²) in [5, 5.41) is 3.77. The highest BCUT2D eigenvalue weighted by Crippen LogP contribution is 2.36. The maximum absolute atomic E-state index is 13.3. The Hall–Kier alpha value is -4.87. The molecule has 0 saturated carbocycles. The lowest BCUT2D eigenvalue weighted by molar-refractivity contribution is -0.136. The van der Waals surface area contributed by atoms with Gasteiger partial charge in [-0.15, -0.1) is 0 Å². The summed E-state index contributed by atoms with van der Waals surface area (Å²) < 4.78 is 0. The van der Waals surface area contributed by atoms with Gasteiger partial charge in [0, 0.05) is 55.1 Å². The molecule has 11 nitrogen and oxygen atoms in total. The van der Waals surface area contributed by atoms with Crippen molar-refractivity contribution in [2.75, 3.05) is 31.1 Å². The molecule has 5 amide bonds. The average Bonchev–Trinajstić information content (AvgIpc) is 3.59. The molecule has 0 bridgehead atoms. The molecule has 0 aliphatic carbocycles. The van der Waals surface area contributed by atoms with Crippen molar-refractivity contribution in [1.82, 2.24) is 25.1 Å². The third kappa shape index (κ3) is 5.15. The number of imide groups is 2. The summed E-state index contributed by atoms with van der Waals surface area (Å²) in [6, 6.07) is 11.9. The van der Waals surface area contributed by atoms with Gasteiger partial charge in [0.15, 0.2) is 0 Å². The Morgan fingerprint density at radius 3 is 2.59 bits per heavy atom. The number of carbonyl (C=O) groups excluding carboxylic acids is 5. The zero-order valence-corrected chi connectivity index (χ0v) is 25.9. The van der Waals surface area contributed by atoms with Crippen LogP contribution >= 0.6 is 11.6 Å². The second-order valence-corrected chi connectivity index (χ2v) is 12.2. The molecule has 3 aliphatic heterocycles. The zero-order chi connectivity index (χ0) is 32.1. The minimum absolute atomic E-state index is 0.0170. The van der Waals surface area contributed by atoms with Crippen LogP contribution in [0.3, 0.4) is 0 Å². The zero-order valence-electron chi connectivity index (χ0n) is 25.1. The third-order valence-corrected chi connectivity index (χ3v) is 9.48. The maximum atomic E-state index is 13.3. The van der Waals surface area contributed by atoms with E-state index in [9.17, 15) is 24.0 Å². The Morgan fingerprint density at radius 1 is 0.978 bits per heavy atom. The fourth-order valence-corrected chi connectivity index (χ4v) is 6.96. The number of halogens is 1. The van der Waals surface area contributed by atoms with Crippen molar-refractivity contribution in [3.8, 4) is 11.1 Å². The molecular formula is C34H31ClN6O5. The molecule has 2 fully saturated rings. The number of carbonyl (C=O) groups is 5. The molecule has 2 aromatic heterocycles. The molecule has 4 aromatic rings. The van der Waals surface area contributed by atoms with Gasteiger partial charge in [-0.3, -0.25) is 39.1 Å². The minimum Gasteiger partial charge on any atom is -0.346 e. The minimum atomic E-state index is -0.998. The van der Waals surface area contributed by atoms with Gasteiger partial charge >= 0.3 is 0 Å². The van der Waals surface area contributed by atoms with Gasteiger partial charge in [0.1, 0.15) is 11.7 Å². The van der Waals surface area contributed by atoms with Crippen LogP contribution in [0, 0.1) is 0 Å². The van der Waals surface area contributed by atoms with Crippen molar-refractivity contribution in [3.05, 3.63) is 82.1 Å². The second kappa shape index (κ2) is 11.8. The van der Waals surface area contributed by atoms with Crippen LogP contribution < -0.4 is 10.2 Å². The summed E-state index contributed by atoms with van der Waals surface area (Å²) in [6.07, 6.45) is 5.28. The van der Waals surface area contributed by atoms with Crippen LogP contribution in [0.25, 0.3) is 22.2 Å². The van der Waals surface area contributed by atoms with E-state index in [0.717, 1.165) is 50.3 Å². The molecule has 2 N–H and O–H groups in total. The van der Waals surface area contributed by atoms with Gasteiger partial charge in [-0.25, -0.2) is 4.98 Å². The van der Waals surface area contributed by atoms with Gasteiger partial charge in [0.2, 0.25) is 17.7 Å². The number of hydrogen-bond acceptors (Lipinski definition) is 7. The molecule has 2 saturated heterocycles. The van der Waals surface area contributed by atoms with E-state index in [4.69, 9.17) is 11.6 Å². The molecule has 234 valence electrons. The largest absolute Gasteiger partial charge is 0.346 e.